The molecule has 1 amide bonds. The van der Waals surface area contributed by atoms with Gasteiger partial charge in [0.2, 0.25) is 0 Å². The van der Waals surface area contributed by atoms with Gasteiger partial charge >= 0.3 is 5.97 Å². The molecule has 0 spiro atoms. The number of thiophene rings is 1. The fraction of sp³-hybridized carbons (Fsp3) is 0.571. The maximum Gasteiger partial charge on any atom is 0.341 e. The zero-order chi connectivity index (χ0) is 16.0. The van der Waals surface area contributed by atoms with Crippen LogP contribution in [0, 0.1) is 6.92 Å². The predicted octanol–water partition coefficient (Wildman–Crippen LogP) is 2.13. The maximum atomic E-state index is 12.1. The average molecular weight is 351 g/mol. The number of amides is 1. The van der Waals surface area contributed by atoms with Crippen molar-refractivity contribution in [1.82, 2.24) is 0 Å². The highest BCUT2D eigenvalue weighted by molar-refractivity contribution is 7.16. The van der Waals surface area contributed by atoms with E-state index in [9.17, 15) is 9.59 Å². The zero-order valence-corrected chi connectivity index (χ0v) is 14.9. The van der Waals surface area contributed by atoms with E-state index in [-0.39, 0.29) is 31.5 Å². The van der Waals surface area contributed by atoms with Gasteiger partial charge in [-0.05, 0) is 25.8 Å². The summed E-state index contributed by atoms with van der Waals surface area (Å²) >= 11 is 1.36. The maximum absolute atomic E-state index is 12.1. The van der Waals surface area contributed by atoms with E-state index < -0.39 is 12.1 Å². The molecule has 1 heterocycles. The number of carbonyl (C=O) groups excluding carboxylic acids is 2. The number of nitrogens with two attached hydrogens (primary N) is 1. The molecular formula is C14H23ClN2O4S. The van der Waals surface area contributed by atoms with Gasteiger partial charge in [-0.1, -0.05) is 6.92 Å². The number of esters is 1. The first kappa shape index (κ1) is 20.9. The Kier molecular flexibility index (Phi) is 9.27. The van der Waals surface area contributed by atoms with Crippen molar-refractivity contribution in [2.45, 2.75) is 33.3 Å². The summed E-state index contributed by atoms with van der Waals surface area (Å²) in [7, 11) is 1.42. The number of hydrogen-bond acceptors (Lipinski definition) is 6. The lowest BCUT2D eigenvalue weighted by atomic mass is 10.1. The molecule has 0 radical (unpaired) electrons. The number of halogens is 1. The van der Waals surface area contributed by atoms with Crippen molar-refractivity contribution in [2.75, 3.05) is 25.6 Å². The molecule has 0 aliphatic carbocycles. The second kappa shape index (κ2) is 9.78. The Labute approximate surface area is 140 Å². The van der Waals surface area contributed by atoms with Gasteiger partial charge in [-0.25, -0.2) is 4.79 Å². The average Bonchev–Trinajstić information content (AvgIpc) is 2.75. The molecule has 8 heteroatoms. The van der Waals surface area contributed by atoms with Gasteiger partial charge < -0.3 is 20.5 Å². The topological polar surface area (TPSA) is 90.7 Å². The third-order valence-electron chi connectivity index (χ3n) is 3.07. The number of anilines is 1. The van der Waals surface area contributed by atoms with Gasteiger partial charge in [0.25, 0.3) is 5.91 Å². The summed E-state index contributed by atoms with van der Waals surface area (Å²) in [6.07, 6.45) is -0.0516. The SMILES string of the molecule is CCOC(=O)c1c(NC(=O)C(CN)OC)sc(C)c1CC.Cl. The Morgan fingerprint density at radius 3 is 2.45 bits per heavy atom. The van der Waals surface area contributed by atoms with Crippen LogP contribution in [0.4, 0.5) is 5.00 Å². The number of nitrogens with one attached hydrogen (secondary N) is 1. The lowest BCUT2D eigenvalue weighted by Gasteiger charge is -2.13. The van der Waals surface area contributed by atoms with Gasteiger partial charge in [0, 0.05) is 18.5 Å². The number of methoxy groups -OCH3 is 1. The third-order valence-corrected chi connectivity index (χ3v) is 4.13. The van der Waals surface area contributed by atoms with E-state index in [2.05, 4.69) is 5.32 Å². The summed E-state index contributed by atoms with van der Waals surface area (Å²) in [6, 6.07) is 0. The molecule has 0 aromatic carbocycles. The van der Waals surface area contributed by atoms with Crippen LogP contribution in [0.1, 0.15) is 34.6 Å². The third kappa shape index (κ3) is 4.67. The molecule has 126 valence electrons. The van der Waals surface area contributed by atoms with E-state index >= 15 is 0 Å². The Bertz CT molecular complexity index is 515. The van der Waals surface area contributed by atoms with E-state index in [0.717, 1.165) is 10.4 Å². The van der Waals surface area contributed by atoms with Crippen molar-refractivity contribution >= 4 is 40.6 Å². The second-order valence-corrected chi connectivity index (χ2v) is 5.59. The van der Waals surface area contributed by atoms with E-state index in [4.69, 9.17) is 15.2 Å². The molecule has 3 N–H and O–H groups in total. The Balaban J connectivity index is 0.00000441. The second-order valence-electron chi connectivity index (χ2n) is 4.36. The smallest absolute Gasteiger partial charge is 0.341 e. The van der Waals surface area contributed by atoms with E-state index in [1.165, 1.54) is 18.4 Å². The van der Waals surface area contributed by atoms with Gasteiger partial charge in [0.1, 0.15) is 11.1 Å². The number of hydrogen-bond donors (Lipinski definition) is 2. The van der Waals surface area contributed by atoms with Crippen molar-refractivity contribution in [2.24, 2.45) is 5.73 Å². The normalized spacial score (nSPS) is 11.5. The molecule has 6 nitrogen and oxygen atoms in total. The number of ether oxygens (including phenoxy) is 2. The minimum absolute atomic E-state index is 0. The molecule has 0 aliphatic heterocycles. The van der Waals surface area contributed by atoms with Crippen molar-refractivity contribution in [3.05, 3.63) is 16.0 Å². The van der Waals surface area contributed by atoms with Crippen LogP contribution >= 0.6 is 23.7 Å². The summed E-state index contributed by atoms with van der Waals surface area (Å²) in [6.45, 7) is 5.98. The molecule has 0 bridgehead atoms. The predicted molar refractivity (Wildman–Crippen MR) is 90.1 cm³/mol. The highest BCUT2D eigenvalue weighted by Crippen LogP contribution is 2.34. The fourth-order valence-corrected chi connectivity index (χ4v) is 3.15. The van der Waals surface area contributed by atoms with Crippen molar-refractivity contribution in [1.29, 1.82) is 0 Å². The van der Waals surface area contributed by atoms with E-state index in [1.54, 1.807) is 6.92 Å². The Morgan fingerprint density at radius 2 is 2.00 bits per heavy atom. The van der Waals surface area contributed by atoms with E-state index in [0.29, 0.717) is 17.0 Å². The molecule has 1 atom stereocenters. The minimum Gasteiger partial charge on any atom is -0.462 e. The quantitative estimate of drug-likeness (QED) is 0.735. The summed E-state index contributed by atoms with van der Waals surface area (Å²) < 4.78 is 10.1. The Morgan fingerprint density at radius 1 is 1.36 bits per heavy atom. The molecule has 0 fully saturated rings. The van der Waals surface area contributed by atoms with Crippen LogP contribution in [0.2, 0.25) is 0 Å². The summed E-state index contributed by atoms with van der Waals surface area (Å²) in [5.41, 5.74) is 6.80. The fourth-order valence-electron chi connectivity index (χ4n) is 2.01. The van der Waals surface area contributed by atoms with Gasteiger partial charge in [0.05, 0.1) is 12.2 Å². The first-order valence-corrected chi connectivity index (χ1v) is 7.64. The van der Waals surface area contributed by atoms with Crippen molar-refractivity contribution in [3.8, 4) is 0 Å². The van der Waals surface area contributed by atoms with Crippen LogP contribution in [0.3, 0.4) is 0 Å². The van der Waals surface area contributed by atoms with E-state index in [1.807, 2.05) is 13.8 Å². The lowest BCUT2D eigenvalue weighted by molar-refractivity contribution is -0.125. The minimum atomic E-state index is -0.743. The van der Waals surface area contributed by atoms with Crippen LogP contribution in [0.15, 0.2) is 0 Å². The molecule has 1 aromatic rings. The van der Waals surface area contributed by atoms with Gasteiger partial charge in [-0.3, -0.25) is 4.79 Å². The summed E-state index contributed by atoms with van der Waals surface area (Å²) in [5, 5.41) is 3.21. The first-order valence-electron chi connectivity index (χ1n) is 6.83. The molecule has 0 aliphatic rings. The van der Waals surface area contributed by atoms with Crippen LogP contribution in [-0.4, -0.2) is 38.2 Å². The summed E-state index contributed by atoms with van der Waals surface area (Å²) in [4.78, 5) is 25.2. The van der Waals surface area contributed by atoms with Crippen LogP contribution < -0.4 is 11.1 Å². The van der Waals surface area contributed by atoms with Crippen LogP contribution in [0.25, 0.3) is 0 Å². The van der Waals surface area contributed by atoms with Crippen LogP contribution in [0.5, 0.6) is 0 Å². The van der Waals surface area contributed by atoms with Gasteiger partial charge in [0.15, 0.2) is 0 Å². The number of carbonyl (C=O) groups is 2. The summed E-state index contributed by atoms with van der Waals surface area (Å²) in [5.74, 6) is -0.787. The van der Waals surface area contributed by atoms with Crippen molar-refractivity contribution < 1.29 is 19.1 Å². The van der Waals surface area contributed by atoms with Gasteiger partial charge in [-0.2, -0.15) is 0 Å². The highest BCUT2D eigenvalue weighted by atomic mass is 35.5. The lowest BCUT2D eigenvalue weighted by Crippen LogP contribution is -2.36. The highest BCUT2D eigenvalue weighted by Gasteiger charge is 2.25. The van der Waals surface area contributed by atoms with Crippen molar-refractivity contribution in [3.63, 3.8) is 0 Å². The molecule has 1 aromatic heterocycles. The molecule has 1 rings (SSSR count). The van der Waals surface area contributed by atoms with Crippen LogP contribution in [-0.2, 0) is 20.7 Å². The standard InChI is InChI=1S/C14H22N2O4S.ClH/c1-5-9-8(3)21-13(11(9)14(18)20-6-2)16-12(17)10(7-15)19-4;/h10H,5-7,15H2,1-4H3,(H,16,17);1H. The number of aryl methyl sites for hydroxylation is 1. The molecule has 0 saturated heterocycles. The monoisotopic (exact) mass is 350 g/mol. The Hall–Kier alpha value is -1.15. The molecular weight excluding hydrogens is 328 g/mol. The van der Waals surface area contributed by atoms with Gasteiger partial charge in [-0.15, -0.1) is 23.7 Å². The molecule has 1 unspecified atom stereocenters. The molecule has 22 heavy (non-hydrogen) atoms. The zero-order valence-electron chi connectivity index (χ0n) is 13.2. The first-order chi connectivity index (χ1) is 9.99. The molecule has 0 saturated carbocycles. The number of rotatable bonds is 7. The largest absolute Gasteiger partial charge is 0.462 e.